The van der Waals surface area contributed by atoms with Crippen LogP contribution in [-0.4, -0.2) is 9.97 Å². The maximum Gasteiger partial charge on any atom is 0.140 e. The predicted octanol–water partition coefficient (Wildman–Crippen LogP) is 2.48. The number of nitriles is 1. The fourth-order valence-corrected chi connectivity index (χ4v) is 1.54. The number of hydrogen-bond acceptors (Lipinski definition) is 2. The van der Waals surface area contributed by atoms with Crippen molar-refractivity contribution in [1.29, 1.82) is 5.26 Å². The van der Waals surface area contributed by atoms with Gasteiger partial charge in [0.05, 0.1) is 28.5 Å². The highest BCUT2D eigenvalue weighted by atomic mass is 35.5. The van der Waals surface area contributed by atoms with Gasteiger partial charge in [-0.25, -0.2) is 4.98 Å². The Hall–Kier alpha value is -1.97. The Labute approximate surface area is 91.7 Å². The van der Waals surface area contributed by atoms with Crippen molar-refractivity contribution < 1.29 is 0 Å². The van der Waals surface area contributed by atoms with Crippen LogP contribution in [0.4, 0.5) is 0 Å². The number of fused-ring (bicyclic) bond motifs is 1. The van der Waals surface area contributed by atoms with E-state index >= 15 is 0 Å². The summed E-state index contributed by atoms with van der Waals surface area (Å²) in [5.41, 5.74) is 1.49. The van der Waals surface area contributed by atoms with Crippen LogP contribution in [0.5, 0.6) is 0 Å². The van der Waals surface area contributed by atoms with Crippen LogP contribution in [0.15, 0.2) is 18.5 Å². The standard InChI is InChI=1S/C11H6ClN3/c12-9-4-6-14-11-10(9)8(7-15-11)3-1-2-5-13/h4,6-7H,2H2,(H,14,15). The van der Waals surface area contributed by atoms with E-state index in [1.54, 1.807) is 18.5 Å². The molecule has 0 aliphatic heterocycles. The van der Waals surface area contributed by atoms with Crippen LogP contribution < -0.4 is 0 Å². The molecule has 15 heavy (non-hydrogen) atoms. The number of nitrogens with one attached hydrogen (secondary N) is 1. The van der Waals surface area contributed by atoms with E-state index in [0.29, 0.717) is 10.7 Å². The van der Waals surface area contributed by atoms with Crippen molar-refractivity contribution in [3.05, 3.63) is 29.0 Å². The van der Waals surface area contributed by atoms with Gasteiger partial charge in [0.2, 0.25) is 0 Å². The Morgan fingerprint density at radius 2 is 2.40 bits per heavy atom. The molecule has 0 saturated heterocycles. The summed E-state index contributed by atoms with van der Waals surface area (Å²) in [7, 11) is 0. The number of aromatic nitrogens is 2. The molecule has 1 N–H and O–H groups in total. The van der Waals surface area contributed by atoms with Crippen molar-refractivity contribution >= 4 is 22.6 Å². The quantitative estimate of drug-likeness (QED) is 0.687. The van der Waals surface area contributed by atoms with Gasteiger partial charge in [-0.05, 0) is 6.07 Å². The summed E-state index contributed by atoms with van der Waals surface area (Å²) in [5.74, 6) is 5.62. The van der Waals surface area contributed by atoms with E-state index in [9.17, 15) is 0 Å². The van der Waals surface area contributed by atoms with Gasteiger partial charge in [0.25, 0.3) is 0 Å². The first kappa shape index (κ1) is 9.58. The normalized spacial score (nSPS) is 9.33. The third-order valence-corrected chi connectivity index (χ3v) is 2.23. The average Bonchev–Trinajstić information content (AvgIpc) is 2.63. The molecule has 0 amide bonds. The summed E-state index contributed by atoms with van der Waals surface area (Å²) >= 11 is 6.02. The van der Waals surface area contributed by atoms with Crippen LogP contribution in [0.1, 0.15) is 12.0 Å². The van der Waals surface area contributed by atoms with Gasteiger partial charge >= 0.3 is 0 Å². The molecule has 2 heterocycles. The van der Waals surface area contributed by atoms with Crippen molar-refractivity contribution in [2.24, 2.45) is 0 Å². The molecule has 2 aromatic heterocycles. The monoisotopic (exact) mass is 215 g/mol. The zero-order chi connectivity index (χ0) is 10.7. The molecule has 2 aromatic rings. The first-order valence-corrected chi connectivity index (χ1v) is 4.68. The third-order valence-electron chi connectivity index (χ3n) is 1.91. The number of H-pyrrole nitrogens is 1. The number of rotatable bonds is 0. The summed E-state index contributed by atoms with van der Waals surface area (Å²) < 4.78 is 0. The van der Waals surface area contributed by atoms with Crippen LogP contribution in [0, 0.1) is 23.2 Å². The van der Waals surface area contributed by atoms with E-state index in [0.717, 1.165) is 10.9 Å². The molecular formula is C11H6ClN3. The highest BCUT2D eigenvalue weighted by Crippen LogP contribution is 2.23. The summed E-state index contributed by atoms with van der Waals surface area (Å²) in [6.45, 7) is 0. The molecule has 0 spiro atoms. The van der Waals surface area contributed by atoms with Crippen molar-refractivity contribution in [2.45, 2.75) is 6.42 Å². The zero-order valence-electron chi connectivity index (χ0n) is 7.71. The lowest BCUT2D eigenvalue weighted by Gasteiger charge is -1.92. The van der Waals surface area contributed by atoms with Crippen LogP contribution >= 0.6 is 11.6 Å². The minimum absolute atomic E-state index is 0.213. The van der Waals surface area contributed by atoms with Gasteiger partial charge in [-0.1, -0.05) is 23.4 Å². The van der Waals surface area contributed by atoms with Crippen molar-refractivity contribution in [3.8, 4) is 17.9 Å². The Kier molecular flexibility index (Phi) is 2.58. The van der Waals surface area contributed by atoms with Gasteiger partial charge in [-0.2, -0.15) is 5.26 Å². The highest BCUT2D eigenvalue weighted by Gasteiger charge is 2.05. The topological polar surface area (TPSA) is 52.5 Å². The maximum absolute atomic E-state index is 8.36. The molecule has 0 unspecified atom stereocenters. The van der Waals surface area contributed by atoms with Crippen LogP contribution in [0.3, 0.4) is 0 Å². The molecule has 0 bridgehead atoms. The van der Waals surface area contributed by atoms with E-state index in [2.05, 4.69) is 21.8 Å². The minimum atomic E-state index is 0.213. The number of halogens is 1. The molecule has 0 radical (unpaired) electrons. The summed E-state index contributed by atoms with van der Waals surface area (Å²) in [6, 6.07) is 3.68. The molecule has 72 valence electrons. The second kappa shape index (κ2) is 4.04. The lowest BCUT2D eigenvalue weighted by Crippen LogP contribution is -1.76. The van der Waals surface area contributed by atoms with Gasteiger partial charge in [0.1, 0.15) is 5.65 Å². The van der Waals surface area contributed by atoms with E-state index in [1.165, 1.54) is 0 Å². The SMILES string of the molecule is N#CCC#Cc1c[nH]c2nccc(Cl)c12. The fourth-order valence-electron chi connectivity index (χ4n) is 1.29. The molecule has 3 nitrogen and oxygen atoms in total. The Bertz CT molecular complexity index is 596. The van der Waals surface area contributed by atoms with E-state index in [-0.39, 0.29) is 6.42 Å². The van der Waals surface area contributed by atoms with Crippen LogP contribution in [0.2, 0.25) is 5.02 Å². The number of nitrogens with zero attached hydrogens (tertiary/aromatic N) is 2. The maximum atomic E-state index is 8.36. The van der Waals surface area contributed by atoms with Crippen LogP contribution in [-0.2, 0) is 0 Å². The van der Waals surface area contributed by atoms with Gasteiger partial charge in [-0.15, -0.1) is 0 Å². The number of aromatic amines is 1. The smallest absolute Gasteiger partial charge is 0.140 e. The second-order valence-corrected chi connectivity index (χ2v) is 3.26. The first-order valence-electron chi connectivity index (χ1n) is 4.30. The third kappa shape index (κ3) is 1.79. The lowest BCUT2D eigenvalue weighted by molar-refractivity contribution is 1.32. The average molecular weight is 216 g/mol. The van der Waals surface area contributed by atoms with Gasteiger partial charge in [-0.3, -0.25) is 0 Å². The molecule has 2 rings (SSSR count). The molecule has 0 aliphatic rings. The highest BCUT2D eigenvalue weighted by molar-refractivity contribution is 6.35. The molecule has 0 aromatic carbocycles. The molecule has 0 fully saturated rings. The summed E-state index contributed by atoms with van der Waals surface area (Å²) in [5, 5.41) is 9.79. The second-order valence-electron chi connectivity index (χ2n) is 2.86. The number of pyridine rings is 1. The summed E-state index contributed by atoms with van der Waals surface area (Å²) in [4.78, 5) is 7.09. The zero-order valence-corrected chi connectivity index (χ0v) is 8.47. The predicted molar refractivity (Wildman–Crippen MR) is 58.2 cm³/mol. The molecule has 0 aliphatic carbocycles. The Morgan fingerprint density at radius 3 is 3.20 bits per heavy atom. The van der Waals surface area contributed by atoms with Crippen LogP contribution in [0.25, 0.3) is 11.0 Å². The summed E-state index contributed by atoms with van der Waals surface area (Å²) in [6.07, 6.45) is 3.59. The van der Waals surface area contributed by atoms with Gasteiger partial charge in [0, 0.05) is 12.4 Å². The van der Waals surface area contributed by atoms with E-state index in [4.69, 9.17) is 16.9 Å². The van der Waals surface area contributed by atoms with E-state index < -0.39 is 0 Å². The molecule has 0 atom stereocenters. The molecule has 0 saturated carbocycles. The minimum Gasteiger partial charge on any atom is -0.345 e. The first-order chi connectivity index (χ1) is 7.33. The van der Waals surface area contributed by atoms with Gasteiger partial charge in [0.15, 0.2) is 0 Å². The fraction of sp³-hybridized carbons (Fsp3) is 0.0909. The van der Waals surface area contributed by atoms with Crippen molar-refractivity contribution in [3.63, 3.8) is 0 Å². The molecular weight excluding hydrogens is 210 g/mol. The Balaban J connectivity index is 2.55. The largest absolute Gasteiger partial charge is 0.345 e. The molecule has 4 heteroatoms. The van der Waals surface area contributed by atoms with Gasteiger partial charge < -0.3 is 4.98 Å². The Morgan fingerprint density at radius 1 is 1.53 bits per heavy atom. The lowest BCUT2D eigenvalue weighted by atomic mass is 10.2. The van der Waals surface area contributed by atoms with Crippen molar-refractivity contribution in [1.82, 2.24) is 9.97 Å². The van der Waals surface area contributed by atoms with Crippen molar-refractivity contribution in [2.75, 3.05) is 0 Å². The number of hydrogen-bond donors (Lipinski definition) is 1. The van der Waals surface area contributed by atoms with E-state index in [1.807, 2.05) is 6.07 Å².